The standard InChI is InChI=1S/C18H14BrN3O2S2/c19-13-4-3-12(26-13)15-14-9(20-17-16(15)18(24)22-21-17)6-8(7-10(14)23)11-2-1-5-25-11/h1-5,8,15H,6-7H2,(H3,20,21,22,24)/t8-,15?/m0/s1. The summed E-state index contributed by atoms with van der Waals surface area (Å²) in [5.41, 5.74) is 2.09. The number of halogens is 1. The molecule has 0 radical (unpaired) electrons. The predicted octanol–water partition coefficient (Wildman–Crippen LogP) is 4.55. The second kappa shape index (κ2) is 6.07. The van der Waals surface area contributed by atoms with E-state index in [0.29, 0.717) is 17.8 Å². The minimum atomic E-state index is -0.315. The molecule has 2 aliphatic rings. The molecule has 132 valence electrons. The highest BCUT2D eigenvalue weighted by atomic mass is 79.9. The van der Waals surface area contributed by atoms with Crippen molar-refractivity contribution in [2.45, 2.75) is 24.7 Å². The van der Waals surface area contributed by atoms with Crippen LogP contribution in [-0.2, 0) is 4.79 Å². The molecule has 1 aliphatic heterocycles. The molecule has 1 aliphatic carbocycles. The molecule has 0 aromatic carbocycles. The zero-order chi connectivity index (χ0) is 17.8. The van der Waals surface area contributed by atoms with E-state index in [1.54, 1.807) is 22.7 Å². The number of hydrogen-bond donors (Lipinski definition) is 3. The Morgan fingerprint density at radius 2 is 1.96 bits per heavy atom. The Labute approximate surface area is 165 Å². The summed E-state index contributed by atoms with van der Waals surface area (Å²) in [7, 11) is 0. The Hall–Kier alpha value is -1.90. The first-order valence-electron chi connectivity index (χ1n) is 8.24. The van der Waals surface area contributed by atoms with Crippen LogP contribution in [-0.4, -0.2) is 16.0 Å². The van der Waals surface area contributed by atoms with Gasteiger partial charge in [-0.2, -0.15) is 0 Å². The van der Waals surface area contributed by atoms with E-state index in [-0.39, 0.29) is 23.2 Å². The molecule has 5 rings (SSSR count). The van der Waals surface area contributed by atoms with Crippen LogP contribution in [0.15, 0.2) is 49.5 Å². The molecule has 8 heteroatoms. The zero-order valence-corrected chi connectivity index (χ0v) is 16.7. The maximum atomic E-state index is 13.1. The molecule has 26 heavy (non-hydrogen) atoms. The molecule has 0 fully saturated rings. The second-order valence-corrected chi connectivity index (χ2v) is 9.98. The summed E-state index contributed by atoms with van der Waals surface area (Å²) in [4.78, 5) is 27.8. The lowest BCUT2D eigenvalue weighted by Gasteiger charge is -2.33. The summed E-state index contributed by atoms with van der Waals surface area (Å²) in [6, 6.07) is 8.07. The molecule has 3 aromatic heterocycles. The minimum absolute atomic E-state index is 0.123. The molecule has 0 saturated heterocycles. The van der Waals surface area contributed by atoms with Crippen molar-refractivity contribution in [2.75, 3.05) is 5.32 Å². The fourth-order valence-corrected chi connectivity index (χ4v) is 6.29. The van der Waals surface area contributed by atoms with Crippen molar-refractivity contribution in [2.24, 2.45) is 0 Å². The summed E-state index contributed by atoms with van der Waals surface area (Å²) in [5, 5.41) is 11.0. The molecule has 1 unspecified atom stereocenters. The molecule has 0 amide bonds. The lowest BCUT2D eigenvalue weighted by molar-refractivity contribution is -0.116. The van der Waals surface area contributed by atoms with Crippen molar-refractivity contribution >= 4 is 50.2 Å². The van der Waals surface area contributed by atoms with Gasteiger partial charge in [0.25, 0.3) is 5.56 Å². The summed E-state index contributed by atoms with van der Waals surface area (Å²) in [6.45, 7) is 0. The van der Waals surface area contributed by atoms with Gasteiger partial charge in [-0.3, -0.25) is 19.8 Å². The number of ketones is 1. The van der Waals surface area contributed by atoms with Crippen molar-refractivity contribution in [3.8, 4) is 0 Å². The van der Waals surface area contributed by atoms with Crippen LogP contribution in [0.4, 0.5) is 5.82 Å². The summed E-state index contributed by atoms with van der Waals surface area (Å²) in [5.74, 6) is 0.668. The Kier molecular flexibility index (Phi) is 3.80. The molecular formula is C18H14BrN3O2S2. The van der Waals surface area contributed by atoms with Crippen LogP contribution >= 0.6 is 38.6 Å². The van der Waals surface area contributed by atoms with Gasteiger partial charge in [-0.25, -0.2) is 0 Å². The quantitative estimate of drug-likeness (QED) is 0.539. The maximum Gasteiger partial charge on any atom is 0.270 e. The van der Waals surface area contributed by atoms with E-state index in [4.69, 9.17) is 0 Å². The van der Waals surface area contributed by atoms with E-state index in [0.717, 1.165) is 26.4 Å². The van der Waals surface area contributed by atoms with Gasteiger partial charge in [0.2, 0.25) is 0 Å². The highest BCUT2D eigenvalue weighted by molar-refractivity contribution is 9.11. The SMILES string of the molecule is O=C1C[C@@H](c2cccs2)CC2=C1C(c1ccc(Br)s1)c1c([nH][nH]c1=O)N2. The molecule has 5 nitrogen and oxygen atoms in total. The van der Waals surface area contributed by atoms with Crippen LogP contribution < -0.4 is 10.9 Å². The van der Waals surface area contributed by atoms with Gasteiger partial charge in [0.15, 0.2) is 5.78 Å². The number of carbonyl (C=O) groups excluding carboxylic acids is 1. The molecule has 3 aromatic rings. The Morgan fingerprint density at radius 3 is 2.69 bits per heavy atom. The van der Waals surface area contributed by atoms with E-state index in [1.807, 2.05) is 23.6 Å². The molecular weight excluding hydrogens is 434 g/mol. The molecule has 2 atom stereocenters. The lowest BCUT2D eigenvalue weighted by atomic mass is 9.76. The zero-order valence-electron chi connectivity index (χ0n) is 13.5. The minimum Gasteiger partial charge on any atom is -0.343 e. The Morgan fingerprint density at radius 1 is 1.08 bits per heavy atom. The van der Waals surface area contributed by atoms with Crippen LogP contribution in [0, 0.1) is 0 Å². The van der Waals surface area contributed by atoms with Gasteiger partial charge in [-0.05, 0) is 45.9 Å². The second-order valence-electron chi connectivity index (χ2n) is 6.50. The average Bonchev–Trinajstić information content (AvgIpc) is 3.35. The number of nitrogens with one attached hydrogen (secondary N) is 3. The first-order chi connectivity index (χ1) is 12.6. The third-order valence-corrected chi connectivity index (χ3v) is 7.72. The Balaban J connectivity index is 1.66. The van der Waals surface area contributed by atoms with Crippen LogP contribution in [0.25, 0.3) is 0 Å². The number of H-pyrrole nitrogens is 2. The van der Waals surface area contributed by atoms with E-state index < -0.39 is 0 Å². The fraction of sp³-hybridized carbons (Fsp3) is 0.222. The van der Waals surface area contributed by atoms with E-state index in [9.17, 15) is 9.59 Å². The van der Waals surface area contributed by atoms with Gasteiger partial charge < -0.3 is 5.32 Å². The molecule has 4 heterocycles. The first-order valence-corrected chi connectivity index (χ1v) is 10.7. The normalized spacial score (nSPS) is 22.1. The van der Waals surface area contributed by atoms with Crippen molar-refractivity contribution < 1.29 is 4.79 Å². The highest BCUT2D eigenvalue weighted by Crippen LogP contribution is 2.48. The van der Waals surface area contributed by atoms with Gasteiger partial charge >= 0.3 is 0 Å². The number of fused-ring (bicyclic) bond motifs is 1. The van der Waals surface area contributed by atoms with Crippen LogP contribution in [0.3, 0.4) is 0 Å². The van der Waals surface area contributed by atoms with Gasteiger partial charge in [-0.1, -0.05) is 6.07 Å². The molecule has 0 saturated carbocycles. The van der Waals surface area contributed by atoms with Crippen molar-refractivity contribution in [3.63, 3.8) is 0 Å². The fourth-order valence-electron chi connectivity index (χ4n) is 3.91. The monoisotopic (exact) mass is 447 g/mol. The first kappa shape index (κ1) is 16.3. The summed E-state index contributed by atoms with van der Waals surface area (Å²) >= 11 is 6.75. The number of carbonyl (C=O) groups is 1. The van der Waals surface area contributed by atoms with Crippen molar-refractivity contribution in [1.82, 2.24) is 10.2 Å². The van der Waals surface area contributed by atoms with Crippen molar-refractivity contribution in [3.05, 3.63) is 70.4 Å². The number of hydrogen-bond acceptors (Lipinski definition) is 5. The molecule has 3 N–H and O–H groups in total. The average molecular weight is 448 g/mol. The van der Waals surface area contributed by atoms with Gasteiger partial charge in [-0.15, -0.1) is 22.7 Å². The van der Waals surface area contributed by atoms with Gasteiger partial charge in [0, 0.05) is 33.4 Å². The molecule has 0 spiro atoms. The number of rotatable bonds is 2. The summed E-state index contributed by atoms with van der Waals surface area (Å²) in [6.07, 6.45) is 1.26. The number of Topliss-reactive ketones (excluding diaryl/α,β-unsaturated/α-hetero) is 1. The highest BCUT2D eigenvalue weighted by Gasteiger charge is 2.41. The third kappa shape index (κ3) is 2.47. The van der Waals surface area contributed by atoms with Crippen LogP contribution in [0.5, 0.6) is 0 Å². The number of aromatic nitrogens is 2. The number of anilines is 1. The topological polar surface area (TPSA) is 77.8 Å². The molecule has 0 bridgehead atoms. The van der Waals surface area contributed by atoms with Crippen LogP contribution in [0.1, 0.15) is 40.0 Å². The van der Waals surface area contributed by atoms with E-state index >= 15 is 0 Å². The summed E-state index contributed by atoms with van der Waals surface area (Å²) < 4.78 is 0.987. The Bertz CT molecular complexity index is 1090. The lowest BCUT2D eigenvalue weighted by Crippen LogP contribution is -2.31. The largest absolute Gasteiger partial charge is 0.343 e. The van der Waals surface area contributed by atoms with E-state index in [1.165, 1.54) is 4.88 Å². The third-order valence-electron chi connectivity index (χ3n) is 5.00. The number of thiophene rings is 2. The van der Waals surface area contributed by atoms with Crippen LogP contribution in [0.2, 0.25) is 0 Å². The van der Waals surface area contributed by atoms with Gasteiger partial charge in [0.1, 0.15) is 5.82 Å². The van der Waals surface area contributed by atoms with Gasteiger partial charge in [0.05, 0.1) is 15.3 Å². The number of allylic oxidation sites excluding steroid dienone is 2. The smallest absolute Gasteiger partial charge is 0.270 e. The number of aromatic amines is 2. The van der Waals surface area contributed by atoms with E-state index in [2.05, 4.69) is 37.5 Å². The van der Waals surface area contributed by atoms with Crippen molar-refractivity contribution in [1.29, 1.82) is 0 Å². The maximum absolute atomic E-state index is 13.1. The predicted molar refractivity (Wildman–Crippen MR) is 107 cm³/mol.